The Bertz CT molecular complexity index is 193. The molecule has 0 aromatic carbocycles. The van der Waals surface area contributed by atoms with E-state index in [0.29, 0.717) is 11.4 Å². The number of nitrogens with one attached hydrogen (secondary N) is 1. The van der Waals surface area contributed by atoms with Gasteiger partial charge in [0, 0.05) is 17.9 Å². The van der Waals surface area contributed by atoms with E-state index >= 15 is 0 Å². The van der Waals surface area contributed by atoms with E-state index in [2.05, 4.69) is 11.6 Å². The normalized spacial score (nSPS) is 17.9. The van der Waals surface area contributed by atoms with Gasteiger partial charge in [-0.15, -0.1) is 0 Å². The highest BCUT2D eigenvalue weighted by atomic mass is 32.2. The summed E-state index contributed by atoms with van der Waals surface area (Å²) < 4.78 is 5.49. The summed E-state index contributed by atoms with van der Waals surface area (Å²) in [6.45, 7) is 3.70. The second-order valence-electron chi connectivity index (χ2n) is 3.72. The first-order valence-corrected chi connectivity index (χ1v) is 6.34. The van der Waals surface area contributed by atoms with Crippen molar-refractivity contribution >= 4 is 17.7 Å². The maximum absolute atomic E-state index is 11.3. The van der Waals surface area contributed by atoms with Crippen LogP contribution in [-0.4, -0.2) is 36.7 Å². The Morgan fingerprint density at radius 3 is 2.79 bits per heavy atom. The van der Waals surface area contributed by atoms with Crippen molar-refractivity contribution in [3.05, 3.63) is 0 Å². The number of thioether (sulfide) groups is 1. The van der Waals surface area contributed by atoms with Crippen molar-refractivity contribution in [1.82, 2.24) is 5.32 Å². The molecule has 3 nitrogen and oxygen atoms in total. The molecule has 0 atom stereocenters. The van der Waals surface area contributed by atoms with Crippen LogP contribution in [0.3, 0.4) is 0 Å². The molecule has 0 saturated heterocycles. The number of ether oxygens (including phenoxy) is 1. The summed E-state index contributed by atoms with van der Waals surface area (Å²) >= 11 is 1.85. The molecule has 0 spiro atoms. The van der Waals surface area contributed by atoms with Crippen LogP contribution in [0.4, 0.5) is 0 Å². The van der Waals surface area contributed by atoms with Crippen LogP contribution in [0.25, 0.3) is 0 Å². The molecule has 1 aliphatic rings. The van der Waals surface area contributed by atoms with Crippen LogP contribution in [0, 0.1) is 0 Å². The topological polar surface area (TPSA) is 38.3 Å². The molecule has 0 aromatic heterocycles. The van der Waals surface area contributed by atoms with Crippen molar-refractivity contribution in [3.63, 3.8) is 0 Å². The van der Waals surface area contributed by atoms with E-state index in [1.807, 2.05) is 18.7 Å². The van der Waals surface area contributed by atoms with E-state index in [-0.39, 0.29) is 12.5 Å². The smallest absolute Gasteiger partial charge is 0.246 e. The number of carbonyl (C=O) groups excluding carboxylic acids is 1. The lowest BCUT2D eigenvalue weighted by Crippen LogP contribution is -2.34. The molecular formula is C10H19NO2S. The summed E-state index contributed by atoms with van der Waals surface area (Å²) in [5.74, 6) is 0.0128. The Balaban J connectivity index is 2.03. The molecule has 1 amide bonds. The third-order valence-corrected chi connectivity index (χ3v) is 3.85. The molecule has 1 aliphatic carbocycles. The van der Waals surface area contributed by atoms with Gasteiger partial charge in [-0.1, -0.05) is 6.92 Å². The van der Waals surface area contributed by atoms with E-state index < -0.39 is 0 Å². The molecule has 0 aliphatic heterocycles. The van der Waals surface area contributed by atoms with Crippen molar-refractivity contribution in [2.75, 3.05) is 26.0 Å². The fraction of sp³-hybridized carbons (Fsp3) is 0.900. The lowest BCUT2D eigenvalue weighted by Gasteiger charge is -2.12. The Labute approximate surface area is 90.0 Å². The highest BCUT2D eigenvalue weighted by Gasteiger charge is 2.41. The molecule has 0 radical (unpaired) electrons. The van der Waals surface area contributed by atoms with Crippen LogP contribution < -0.4 is 5.32 Å². The summed E-state index contributed by atoms with van der Waals surface area (Å²) in [6, 6.07) is 0. The van der Waals surface area contributed by atoms with Crippen molar-refractivity contribution in [2.45, 2.75) is 30.9 Å². The average Bonchev–Trinajstić information content (AvgIpc) is 2.96. The largest absolute Gasteiger partial charge is 0.372 e. The quantitative estimate of drug-likeness (QED) is 0.656. The van der Waals surface area contributed by atoms with E-state index in [9.17, 15) is 4.79 Å². The highest BCUT2D eigenvalue weighted by molar-refractivity contribution is 8.00. The maximum atomic E-state index is 11.3. The van der Waals surface area contributed by atoms with Crippen molar-refractivity contribution in [3.8, 4) is 0 Å². The molecule has 1 fully saturated rings. The number of amides is 1. The van der Waals surface area contributed by atoms with Crippen molar-refractivity contribution in [1.29, 1.82) is 0 Å². The van der Waals surface area contributed by atoms with Crippen molar-refractivity contribution in [2.24, 2.45) is 0 Å². The van der Waals surface area contributed by atoms with Crippen LogP contribution in [0.1, 0.15) is 26.2 Å². The van der Waals surface area contributed by atoms with Gasteiger partial charge in [-0.25, -0.2) is 0 Å². The summed E-state index contributed by atoms with van der Waals surface area (Å²) in [4.78, 5) is 11.3. The molecule has 0 aromatic rings. The Morgan fingerprint density at radius 2 is 2.29 bits per heavy atom. The third kappa shape index (κ3) is 3.88. The lowest BCUT2D eigenvalue weighted by atomic mass is 10.4. The first-order valence-electron chi connectivity index (χ1n) is 5.12. The monoisotopic (exact) mass is 217 g/mol. The van der Waals surface area contributed by atoms with Crippen molar-refractivity contribution < 1.29 is 9.53 Å². The van der Waals surface area contributed by atoms with Crippen LogP contribution in [0.5, 0.6) is 0 Å². The first-order chi connectivity index (χ1) is 6.72. The molecular weight excluding hydrogens is 198 g/mol. The first kappa shape index (κ1) is 11.9. The molecule has 0 bridgehead atoms. The zero-order valence-corrected chi connectivity index (χ0v) is 9.78. The Hall–Kier alpha value is -0.220. The Morgan fingerprint density at radius 1 is 1.57 bits per heavy atom. The van der Waals surface area contributed by atoms with E-state index in [4.69, 9.17) is 4.74 Å². The SMILES string of the molecule is CCCOCC(=O)NCC1(SC)CC1. The second kappa shape index (κ2) is 5.61. The molecule has 82 valence electrons. The van der Waals surface area contributed by atoms with Crippen LogP contribution >= 0.6 is 11.8 Å². The van der Waals surface area contributed by atoms with Gasteiger partial charge in [0.15, 0.2) is 0 Å². The molecule has 14 heavy (non-hydrogen) atoms. The molecule has 0 unspecified atom stereocenters. The van der Waals surface area contributed by atoms with Gasteiger partial charge in [-0.05, 0) is 25.5 Å². The average molecular weight is 217 g/mol. The summed E-state index contributed by atoms with van der Waals surface area (Å²) in [7, 11) is 0. The fourth-order valence-corrected chi connectivity index (χ4v) is 1.94. The van der Waals surface area contributed by atoms with Gasteiger partial charge in [0.25, 0.3) is 0 Å². The van der Waals surface area contributed by atoms with Gasteiger partial charge in [0.2, 0.25) is 5.91 Å². The fourth-order valence-electron chi connectivity index (χ4n) is 1.21. The number of hydrogen-bond donors (Lipinski definition) is 1. The third-order valence-electron chi connectivity index (χ3n) is 2.43. The predicted molar refractivity (Wildman–Crippen MR) is 59.6 cm³/mol. The van der Waals surface area contributed by atoms with E-state index in [0.717, 1.165) is 13.0 Å². The van der Waals surface area contributed by atoms with Gasteiger partial charge in [-0.2, -0.15) is 11.8 Å². The van der Waals surface area contributed by atoms with Gasteiger partial charge in [0.05, 0.1) is 0 Å². The molecule has 0 heterocycles. The zero-order valence-electron chi connectivity index (χ0n) is 8.97. The number of rotatable bonds is 7. The lowest BCUT2D eigenvalue weighted by molar-refractivity contribution is -0.125. The van der Waals surface area contributed by atoms with Crippen LogP contribution in [-0.2, 0) is 9.53 Å². The minimum atomic E-state index is 0.0128. The highest BCUT2D eigenvalue weighted by Crippen LogP contribution is 2.46. The standard InChI is InChI=1S/C10H19NO2S/c1-3-6-13-7-9(12)11-8-10(14-2)4-5-10/h3-8H2,1-2H3,(H,11,12). The van der Waals surface area contributed by atoms with Gasteiger partial charge in [0.1, 0.15) is 6.61 Å². The molecule has 1 N–H and O–H groups in total. The minimum Gasteiger partial charge on any atom is -0.372 e. The summed E-state index contributed by atoms with van der Waals surface area (Å²) in [5, 5.41) is 2.91. The Kier molecular flexibility index (Phi) is 4.75. The van der Waals surface area contributed by atoms with Crippen LogP contribution in [0.15, 0.2) is 0 Å². The molecule has 1 rings (SSSR count). The zero-order chi connectivity index (χ0) is 10.4. The second-order valence-corrected chi connectivity index (χ2v) is 4.99. The minimum absolute atomic E-state index is 0.0128. The molecule has 4 heteroatoms. The predicted octanol–water partition coefficient (Wildman–Crippen LogP) is 1.42. The van der Waals surface area contributed by atoms with Gasteiger partial charge >= 0.3 is 0 Å². The summed E-state index contributed by atoms with van der Waals surface area (Å²) in [6.07, 6.45) is 5.52. The summed E-state index contributed by atoms with van der Waals surface area (Å²) in [5.41, 5.74) is 0. The van der Waals surface area contributed by atoms with Gasteiger partial charge < -0.3 is 10.1 Å². The number of hydrogen-bond acceptors (Lipinski definition) is 3. The molecule has 1 saturated carbocycles. The maximum Gasteiger partial charge on any atom is 0.246 e. The van der Waals surface area contributed by atoms with E-state index in [1.165, 1.54) is 12.8 Å². The van der Waals surface area contributed by atoms with Gasteiger partial charge in [-0.3, -0.25) is 4.79 Å². The van der Waals surface area contributed by atoms with E-state index in [1.54, 1.807) is 0 Å². The number of carbonyl (C=O) groups is 1. The van der Waals surface area contributed by atoms with Crippen LogP contribution in [0.2, 0.25) is 0 Å².